The highest BCUT2D eigenvalue weighted by Gasteiger charge is 2.27. The van der Waals surface area contributed by atoms with Gasteiger partial charge in [-0.3, -0.25) is 9.69 Å². The molecule has 1 heterocycles. The fourth-order valence-corrected chi connectivity index (χ4v) is 3.55. The average molecular weight is 322 g/mol. The summed E-state index contributed by atoms with van der Waals surface area (Å²) in [5.41, 5.74) is 3.06. The first kappa shape index (κ1) is 16.7. The van der Waals surface area contributed by atoms with Crippen LogP contribution >= 0.6 is 0 Å². The summed E-state index contributed by atoms with van der Waals surface area (Å²) in [6.07, 6.45) is 3.63. The van der Waals surface area contributed by atoms with Gasteiger partial charge in [0.1, 0.15) is 0 Å². The molecule has 0 aromatic heterocycles. The molecule has 1 fully saturated rings. The molecule has 3 nitrogen and oxygen atoms in total. The molecule has 3 rings (SSSR count). The molecule has 0 unspecified atom stereocenters. The highest BCUT2D eigenvalue weighted by atomic mass is 16.2. The number of anilines is 1. The second-order valence-electron chi connectivity index (χ2n) is 6.66. The third-order valence-electron chi connectivity index (χ3n) is 5.00. The lowest BCUT2D eigenvalue weighted by Crippen LogP contribution is -2.48. The van der Waals surface area contributed by atoms with Crippen molar-refractivity contribution in [1.29, 1.82) is 0 Å². The Bertz CT molecular complexity index is 683. The smallest absolute Gasteiger partial charge is 0.241 e. The Morgan fingerprint density at radius 2 is 1.79 bits per heavy atom. The molecule has 2 aromatic carbocycles. The van der Waals surface area contributed by atoms with Crippen LogP contribution in [0.3, 0.4) is 0 Å². The van der Waals surface area contributed by atoms with Crippen LogP contribution in [0.1, 0.15) is 33.1 Å². The zero-order valence-corrected chi connectivity index (χ0v) is 14.5. The molecular formula is C21H26N2O. The Morgan fingerprint density at radius 1 is 1.08 bits per heavy atom. The number of carbonyl (C=O) groups is 1. The number of hydrogen-bond donors (Lipinski definition) is 1. The van der Waals surface area contributed by atoms with E-state index in [1.165, 1.54) is 19.3 Å². The molecule has 1 aliphatic rings. The van der Waals surface area contributed by atoms with E-state index >= 15 is 0 Å². The van der Waals surface area contributed by atoms with E-state index in [1.807, 2.05) is 43.3 Å². The van der Waals surface area contributed by atoms with Crippen LogP contribution in [0.4, 0.5) is 5.69 Å². The Hall–Kier alpha value is -2.13. The molecule has 0 saturated carbocycles. The second-order valence-corrected chi connectivity index (χ2v) is 6.66. The van der Waals surface area contributed by atoms with Crippen LogP contribution in [-0.4, -0.2) is 29.4 Å². The van der Waals surface area contributed by atoms with Crippen molar-refractivity contribution < 1.29 is 4.79 Å². The quantitative estimate of drug-likeness (QED) is 0.895. The number of amides is 1. The van der Waals surface area contributed by atoms with Crippen LogP contribution in [0.2, 0.25) is 0 Å². The maximum atomic E-state index is 12.8. The van der Waals surface area contributed by atoms with E-state index in [1.54, 1.807) is 0 Å². The highest BCUT2D eigenvalue weighted by molar-refractivity contribution is 5.98. The van der Waals surface area contributed by atoms with Gasteiger partial charge in [-0.2, -0.15) is 0 Å². The summed E-state index contributed by atoms with van der Waals surface area (Å²) in [6.45, 7) is 5.25. The highest BCUT2D eigenvalue weighted by Crippen LogP contribution is 2.28. The van der Waals surface area contributed by atoms with Gasteiger partial charge in [-0.15, -0.1) is 0 Å². The lowest BCUT2D eigenvalue weighted by atomic mass is 10.0. The van der Waals surface area contributed by atoms with E-state index in [0.717, 1.165) is 23.4 Å². The number of benzene rings is 2. The maximum absolute atomic E-state index is 12.8. The van der Waals surface area contributed by atoms with Gasteiger partial charge < -0.3 is 5.32 Å². The topological polar surface area (TPSA) is 32.3 Å². The van der Waals surface area contributed by atoms with E-state index < -0.39 is 0 Å². The largest absolute Gasteiger partial charge is 0.324 e. The first-order valence-electron chi connectivity index (χ1n) is 8.88. The van der Waals surface area contributed by atoms with E-state index in [4.69, 9.17) is 0 Å². The monoisotopic (exact) mass is 322 g/mol. The van der Waals surface area contributed by atoms with Crippen molar-refractivity contribution in [3.05, 3.63) is 54.6 Å². The zero-order valence-electron chi connectivity index (χ0n) is 14.5. The SMILES string of the molecule is C[C@@H]1CCCCN1[C@@H](C)C(=O)Nc1ccccc1-c1ccccc1. The second kappa shape index (κ2) is 7.63. The molecular weight excluding hydrogens is 296 g/mol. The van der Waals surface area contributed by atoms with Crippen LogP contribution in [0.15, 0.2) is 54.6 Å². The van der Waals surface area contributed by atoms with Gasteiger partial charge in [0, 0.05) is 17.3 Å². The minimum Gasteiger partial charge on any atom is -0.324 e. The molecule has 1 aliphatic heterocycles. The first-order chi connectivity index (χ1) is 11.7. The molecule has 1 saturated heterocycles. The van der Waals surface area contributed by atoms with Crippen LogP contribution in [0, 0.1) is 0 Å². The van der Waals surface area contributed by atoms with Crippen LogP contribution in [-0.2, 0) is 4.79 Å². The molecule has 2 atom stereocenters. The normalized spacial score (nSPS) is 19.7. The van der Waals surface area contributed by atoms with Crippen LogP contribution in [0.5, 0.6) is 0 Å². The van der Waals surface area contributed by atoms with Gasteiger partial charge in [0.05, 0.1) is 6.04 Å². The molecule has 126 valence electrons. The van der Waals surface area contributed by atoms with Crippen molar-refractivity contribution in [2.24, 2.45) is 0 Å². The summed E-state index contributed by atoms with van der Waals surface area (Å²) in [7, 11) is 0. The fraction of sp³-hybridized carbons (Fsp3) is 0.381. The summed E-state index contributed by atoms with van der Waals surface area (Å²) in [6, 6.07) is 18.6. The third kappa shape index (κ3) is 3.68. The van der Waals surface area contributed by atoms with E-state index in [-0.39, 0.29) is 11.9 Å². The summed E-state index contributed by atoms with van der Waals surface area (Å²) in [5.74, 6) is 0.0760. The van der Waals surface area contributed by atoms with Crippen LogP contribution in [0.25, 0.3) is 11.1 Å². The number of nitrogens with zero attached hydrogens (tertiary/aromatic N) is 1. The number of nitrogens with one attached hydrogen (secondary N) is 1. The summed E-state index contributed by atoms with van der Waals surface area (Å²) >= 11 is 0. The molecule has 2 aromatic rings. The third-order valence-corrected chi connectivity index (χ3v) is 5.00. The fourth-order valence-electron chi connectivity index (χ4n) is 3.55. The predicted molar refractivity (Wildman–Crippen MR) is 100.0 cm³/mol. The van der Waals surface area contributed by atoms with E-state index in [2.05, 4.69) is 35.3 Å². The molecule has 3 heteroatoms. The van der Waals surface area contributed by atoms with Crippen molar-refractivity contribution in [3.63, 3.8) is 0 Å². The molecule has 24 heavy (non-hydrogen) atoms. The van der Waals surface area contributed by atoms with Gasteiger partial charge in [-0.25, -0.2) is 0 Å². The van der Waals surface area contributed by atoms with Gasteiger partial charge in [0.15, 0.2) is 0 Å². The average Bonchev–Trinajstić information content (AvgIpc) is 2.63. The molecule has 0 aliphatic carbocycles. The number of para-hydroxylation sites is 1. The number of piperidine rings is 1. The molecule has 1 amide bonds. The van der Waals surface area contributed by atoms with Crippen LogP contribution < -0.4 is 5.32 Å². The Labute approximate surface area is 144 Å². The number of hydrogen-bond acceptors (Lipinski definition) is 2. The standard InChI is InChI=1S/C21H26N2O/c1-16-10-8-9-15-23(16)17(2)21(24)22-20-14-7-6-13-19(20)18-11-4-3-5-12-18/h3-7,11-14,16-17H,8-10,15H2,1-2H3,(H,22,24)/t16-,17+/m1/s1. The number of carbonyl (C=O) groups excluding carboxylic acids is 1. The summed E-state index contributed by atoms with van der Waals surface area (Å²) in [4.78, 5) is 15.1. The minimum absolute atomic E-state index is 0.0760. The lowest BCUT2D eigenvalue weighted by Gasteiger charge is -2.37. The Kier molecular flexibility index (Phi) is 5.31. The predicted octanol–water partition coefficient (Wildman–Crippen LogP) is 4.56. The molecule has 0 bridgehead atoms. The Morgan fingerprint density at radius 3 is 2.54 bits per heavy atom. The number of rotatable bonds is 4. The molecule has 1 N–H and O–H groups in total. The van der Waals surface area contributed by atoms with Gasteiger partial charge in [0.25, 0.3) is 0 Å². The lowest BCUT2D eigenvalue weighted by molar-refractivity contribution is -0.122. The van der Waals surface area contributed by atoms with E-state index in [9.17, 15) is 4.79 Å². The van der Waals surface area contributed by atoms with Gasteiger partial charge in [-0.1, -0.05) is 55.0 Å². The first-order valence-corrected chi connectivity index (χ1v) is 8.88. The van der Waals surface area contributed by atoms with Crippen molar-refractivity contribution >= 4 is 11.6 Å². The van der Waals surface area contributed by atoms with Gasteiger partial charge in [0.2, 0.25) is 5.91 Å². The van der Waals surface area contributed by atoms with Gasteiger partial charge >= 0.3 is 0 Å². The van der Waals surface area contributed by atoms with Crippen molar-refractivity contribution in [2.45, 2.75) is 45.2 Å². The van der Waals surface area contributed by atoms with Crippen molar-refractivity contribution in [3.8, 4) is 11.1 Å². The zero-order chi connectivity index (χ0) is 16.9. The van der Waals surface area contributed by atoms with Gasteiger partial charge in [-0.05, 0) is 44.9 Å². The van der Waals surface area contributed by atoms with E-state index in [0.29, 0.717) is 6.04 Å². The summed E-state index contributed by atoms with van der Waals surface area (Å²) in [5, 5.41) is 3.15. The number of likely N-dealkylation sites (tertiary alicyclic amines) is 1. The van der Waals surface area contributed by atoms with Crippen molar-refractivity contribution in [1.82, 2.24) is 4.90 Å². The maximum Gasteiger partial charge on any atom is 0.241 e. The summed E-state index contributed by atoms with van der Waals surface area (Å²) < 4.78 is 0. The Balaban J connectivity index is 1.77. The molecule has 0 spiro atoms. The molecule has 0 radical (unpaired) electrons. The van der Waals surface area contributed by atoms with Crippen molar-refractivity contribution in [2.75, 3.05) is 11.9 Å². The minimum atomic E-state index is -0.107.